The van der Waals surface area contributed by atoms with Gasteiger partial charge in [-0.15, -0.1) is 0 Å². The summed E-state index contributed by atoms with van der Waals surface area (Å²) in [7, 11) is 1.66. The zero-order valence-electron chi connectivity index (χ0n) is 21.8. The standard InChI is InChI=1S/C27H41N3O3/c1-20(2)29(25(32)26(3,4)5)19-24(31)30(27(6,7)8)18-22-13-11-15-28(22)17-21-12-10-14-23(16-21)33-9/h10-16,20H,17-19H2,1-9H3. The summed E-state index contributed by atoms with van der Waals surface area (Å²) in [5.74, 6) is 0.758. The number of amides is 2. The first kappa shape index (κ1) is 26.5. The second kappa shape index (κ2) is 10.4. The van der Waals surface area contributed by atoms with Crippen LogP contribution >= 0.6 is 0 Å². The van der Waals surface area contributed by atoms with Gasteiger partial charge in [-0.1, -0.05) is 32.9 Å². The monoisotopic (exact) mass is 455 g/mol. The molecule has 6 heteroatoms. The minimum atomic E-state index is -0.539. The Morgan fingerprint density at radius 1 is 1.03 bits per heavy atom. The van der Waals surface area contributed by atoms with Gasteiger partial charge in [-0.05, 0) is 64.4 Å². The molecule has 1 aromatic carbocycles. The zero-order valence-corrected chi connectivity index (χ0v) is 21.8. The molecule has 6 nitrogen and oxygen atoms in total. The Labute approximate surface area is 199 Å². The van der Waals surface area contributed by atoms with Crippen LogP contribution in [0.1, 0.15) is 66.6 Å². The van der Waals surface area contributed by atoms with E-state index in [4.69, 9.17) is 4.74 Å². The zero-order chi connectivity index (χ0) is 25.0. The fraction of sp³-hybridized carbons (Fsp3) is 0.556. The van der Waals surface area contributed by atoms with Crippen molar-refractivity contribution in [3.8, 4) is 5.75 Å². The second-order valence-corrected chi connectivity index (χ2v) is 10.9. The van der Waals surface area contributed by atoms with Crippen molar-refractivity contribution in [3.05, 3.63) is 53.9 Å². The van der Waals surface area contributed by atoms with Gasteiger partial charge < -0.3 is 19.1 Å². The number of hydrogen-bond acceptors (Lipinski definition) is 3. The Kier molecular flexibility index (Phi) is 8.39. The highest BCUT2D eigenvalue weighted by Gasteiger charge is 2.34. The molecule has 2 amide bonds. The van der Waals surface area contributed by atoms with E-state index in [1.54, 1.807) is 12.0 Å². The van der Waals surface area contributed by atoms with E-state index in [-0.39, 0.29) is 24.4 Å². The van der Waals surface area contributed by atoms with Crippen LogP contribution in [0, 0.1) is 5.41 Å². The van der Waals surface area contributed by atoms with Crippen LogP contribution in [0.2, 0.25) is 0 Å². The third-order valence-electron chi connectivity index (χ3n) is 5.67. The topological polar surface area (TPSA) is 54.8 Å². The van der Waals surface area contributed by atoms with Crippen LogP contribution in [0.4, 0.5) is 0 Å². The number of carbonyl (C=O) groups excluding carboxylic acids is 2. The van der Waals surface area contributed by atoms with E-state index < -0.39 is 11.0 Å². The predicted molar refractivity (Wildman–Crippen MR) is 133 cm³/mol. The van der Waals surface area contributed by atoms with Crippen molar-refractivity contribution in [1.29, 1.82) is 0 Å². The summed E-state index contributed by atoms with van der Waals surface area (Å²) in [6, 6.07) is 12.0. The van der Waals surface area contributed by atoms with Crippen LogP contribution in [0.25, 0.3) is 0 Å². The maximum absolute atomic E-state index is 13.5. The van der Waals surface area contributed by atoms with E-state index >= 15 is 0 Å². The molecule has 0 aliphatic heterocycles. The summed E-state index contributed by atoms with van der Waals surface area (Å²) in [5.41, 5.74) is 1.24. The molecule has 0 N–H and O–H groups in total. The van der Waals surface area contributed by atoms with Gasteiger partial charge >= 0.3 is 0 Å². The molecule has 1 aromatic heterocycles. The maximum atomic E-state index is 13.5. The lowest BCUT2D eigenvalue weighted by Crippen LogP contribution is -2.53. The minimum absolute atomic E-state index is 0.0129. The Morgan fingerprint density at radius 3 is 2.24 bits per heavy atom. The van der Waals surface area contributed by atoms with Crippen molar-refractivity contribution in [2.24, 2.45) is 5.41 Å². The first-order chi connectivity index (χ1) is 15.2. The highest BCUT2D eigenvalue weighted by molar-refractivity contribution is 5.87. The summed E-state index contributed by atoms with van der Waals surface area (Å²) in [4.78, 5) is 30.1. The number of ether oxygens (including phenoxy) is 1. The smallest absolute Gasteiger partial charge is 0.242 e. The van der Waals surface area contributed by atoms with Gasteiger partial charge in [0.2, 0.25) is 11.8 Å². The number of nitrogens with zero attached hydrogens (tertiary/aromatic N) is 3. The third-order valence-corrected chi connectivity index (χ3v) is 5.67. The lowest BCUT2D eigenvalue weighted by molar-refractivity contribution is -0.149. The van der Waals surface area contributed by atoms with E-state index in [1.807, 2.05) is 96.8 Å². The largest absolute Gasteiger partial charge is 0.497 e. The number of rotatable bonds is 8. The fourth-order valence-electron chi connectivity index (χ4n) is 3.73. The number of benzene rings is 1. The molecule has 2 rings (SSSR count). The van der Waals surface area contributed by atoms with Crippen LogP contribution < -0.4 is 4.74 Å². The van der Waals surface area contributed by atoms with Gasteiger partial charge in [0, 0.05) is 35.4 Å². The van der Waals surface area contributed by atoms with E-state index in [2.05, 4.69) is 10.6 Å². The van der Waals surface area contributed by atoms with Crippen molar-refractivity contribution in [3.63, 3.8) is 0 Å². The third kappa shape index (κ3) is 7.11. The molecule has 0 bridgehead atoms. The Hall–Kier alpha value is -2.76. The van der Waals surface area contributed by atoms with Gasteiger partial charge in [-0.25, -0.2) is 0 Å². The molecule has 1 heterocycles. The molecule has 182 valence electrons. The molecule has 2 aromatic rings. The summed E-state index contributed by atoms with van der Waals surface area (Å²) >= 11 is 0. The van der Waals surface area contributed by atoms with Gasteiger partial charge in [0.05, 0.1) is 13.7 Å². The van der Waals surface area contributed by atoms with E-state index in [9.17, 15) is 9.59 Å². The minimum Gasteiger partial charge on any atom is -0.497 e. The van der Waals surface area contributed by atoms with E-state index in [0.717, 1.165) is 17.0 Å². The van der Waals surface area contributed by atoms with Crippen LogP contribution in [-0.4, -0.2) is 51.4 Å². The normalized spacial score (nSPS) is 12.1. The Bertz CT molecular complexity index is 948. The number of methoxy groups -OCH3 is 1. The van der Waals surface area contributed by atoms with Gasteiger partial charge in [0.25, 0.3) is 0 Å². The first-order valence-electron chi connectivity index (χ1n) is 11.6. The molecule has 0 aliphatic carbocycles. The highest BCUT2D eigenvalue weighted by Crippen LogP contribution is 2.23. The molecule has 0 aliphatic rings. The quantitative estimate of drug-likeness (QED) is 0.566. The SMILES string of the molecule is COc1cccc(Cn2cccc2CN(C(=O)CN(C(=O)C(C)(C)C)C(C)C)C(C)(C)C)c1. The van der Waals surface area contributed by atoms with Gasteiger partial charge in [0.1, 0.15) is 12.3 Å². The molecule has 0 spiro atoms. The summed E-state index contributed by atoms with van der Waals surface area (Å²) in [6.07, 6.45) is 2.03. The van der Waals surface area contributed by atoms with Crippen molar-refractivity contribution < 1.29 is 14.3 Å². The molecule has 0 saturated heterocycles. The molecule has 0 atom stereocenters. The lowest BCUT2D eigenvalue weighted by atomic mass is 9.94. The van der Waals surface area contributed by atoms with Gasteiger partial charge in [-0.2, -0.15) is 0 Å². The predicted octanol–water partition coefficient (Wildman–Crippen LogP) is 4.96. The van der Waals surface area contributed by atoms with Crippen molar-refractivity contribution in [1.82, 2.24) is 14.4 Å². The molecular weight excluding hydrogens is 414 g/mol. The van der Waals surface area contributed by atoms with Crippen molar-refractivity contribution in [2.75, 3.05) is 13.7 Å². The highest BCUT2D eigenvalue weighted by atomic mass is 16.5. The average molecular weight is 456 g/mol. The maximum Gasteiger partial charge on any atom is 0.242 e. The number of hydrogen-bond donors (Lipinski definition) is 0. The lowest BCUT2D eigenvalue weighted by Gasteiger charge is -2.39. The van der Waals surface area contributed by atoms with Crippen LogP contribution in [0.5, 0.6) is 5.75 Å². The van der Waals surface area contributed by atoms with Crippen molar-refractivity contribution >= 4 is 11.8 Å². The molecule has 0 saturated carbocycles. The average Bonchev–Trinajstić information content (AvgIpc) is 3.14. The van der Waals surface area contributed by atoms with Crippen LogP contribution in [0.15, 0.2) is 42.6 Å². The van der Waals surface area contributed by atoms with Crippen LogP contribution in [-0.2, 0) is 22.7 Å². The van der Waals surface area contributed by atoms with E-state index in [0.29, 0.717) is 13.1 Å². The number of aromatic nitrogens is 1. The molecule has 0 unspecified atom stereocenters. The first-order valence-corrected chi connectivity index (χ1v) is 11.6. The summed E-state index contributed by atoms with van der Waals surface area (Å²) in [5, 5.41) is 0. The molecule has 33 heavy (non-hydrogen) atoms. The van der Waals surface area contributed by atoms with E-state index in [1.165, 1.54) is 0 Å². The molecular formula is C27H41N3O3. The molecule has 0 fully saturated rings. The molecule has 0 radical (unpaired) electrons. The Morgan fingerprint density at radius 2 is 1.70 bits per heavy atom. The van der Waals surface area contributed by atoms with Crippen molar-refractivity contribution in [2.45, 2.75) is 80.1 Å². The summed E-state index contributed by atoms with van der Waals surface area (Å²) < 4.78 is 7.50. The van der Waals surface area contributed by atoms with Crippen LogP contribution in [0.3, 0.4) is 0 Å². The summed E-state index contributed by atoms with van der Waals surface area (Å²) in [6.45, 7) is 16.9. The fourth-order valence-corrected chi connectivity index (χ4v) is 3.73. The van der Waals surface area contributed by atoms with Gasteiger partial charge in [-0.3, -0.25) is 9.59 Å². The van der Waals surface area contributed by atoms with Gasteiger partial charge in [0.15, 0.2) is 0 Å². The number of carbonyl (C=O) groups is 2. The second-order valence-electron chi connectivity index (χ2n) is 10.9. The Balaban J connectivity index is 2.26.